The molecule has 4 rings (SSSR count). The summed E-state index contributed by atoms with van der Waals surface area (Å²) in [4.78, 5) is 17.8. The molecule has 1 aliphatic rings. The van der Waals surface area contributed by atoms with Gasteiger partial charge >= 0.3 is 5.97 Å². The van der Waals surface area contributed by atoms with Crippen molar-refractivity contribution in [2.75, 3.05) is 30.4 Å². The van der Waals surface area contributed by atoms with Crippen molar-refractivity contribution < 1.29 is 9.90 Å². The minimum absolute atomic E-state index is 0.102. The minimum atomic E-state index is -0.957. The molecule has 0 bridgehead atoms. The first kappa shape index (κ1) is 22.8. The van der Waals surface area contributed by atoms with Crippen molar-refractivity contribution in [3.8, 4) is 0 Å². The molecule has 2 aromatic carbocycles. The Labute approximate surface area is 195 Å². The van der Waals surface area contributed by atoms with E-state index in [2.05, 4.69) is 83.9 Å². The number of anilines is 3. The number of aromatic carboxylic acids is 1. The lowest BCUT2D eigenvalue weighted by Crippen LogP contribution is -2.34. The number of nitrogens with zero attached hydrogens (tertiary/aromatic N) is 2. The van der Waals surface area contributed by atoms with Crippen LogP contribution in [0, 0.1) is 5.92 Å². The molecular formula is C27H32N4O2. The van der Waals surface area contributed by atoms with Gasteiger partial charge in [-0.15, -0.1) is 0 Å². The van der Waals surface area contributed by atoms with Gasteiger partial charge in [0.05, 0.1) is 17.4 Å². The van der Waals surface area contributed by atoms with Crippen LogP contribution < -0.4 is 15.5 Å². The number of carbonyl (C=O) groups is 1. The summed E-state index contributed by atoms with van der Waals surface area (Å²) in [5.74, 6) is -0.305. The molecular weight excluding hydrogens is 412 g/mol. The van der Waals surface area contributed by atoms with Crippen LogP contribution in [0.5, 0.6) is 0 Å². The second kappa shape index (κ2) is 10.0. The van der Waals surface area contributed by atoms with Gasteiger partial charge in [0.2, 0.25) is 0 Å². The van der Waals surface area contributed by atoms with Crippen molar-refractivity contribution in [1.29, 1.82) is 0 Å². The van der Waals surface area contributed by atoms with Gasteiger partial charge in [-0.3, -0.25) is 4.98 Å². The molecule has 0 spiro atoms. The normalized spacial score (nSPS) is 15.2. The molecule has 1 aliphatic heterocycles. The minimum Gasteiger partial charge on any atom is -0.478 e. The van der Waals surface area contributed by atoms with Gasteiger partial charge < -0.3 is 20.6 Å². The van der Waals surface area contributed by atoms with Gasteiger partial charge in [-0.25, -0.2) is 4.79 Å². The zero-order valence-corrected chi connectivity index (χ0v) is 19.5. The first-order valence-corrected chi connectivity index (χ1v) is 11.5. The van der Waals surface area contributed by atoms with Crippen LogP contribution in [0.2, 0.25) is 0 Å². The fraction of sp³-hybridized carbons (Fsp3) is 0.333. The molecule has 0 radical (unpaired) electrons. The van der Waals surface area contributed by atoms with Gasteiger partial charge in [0.25, 0.3) is 0 Å². The third-order valence-corrected chi connectivity index (χ3v) is 6.19. The Balaban J connectivity index is 1.48. The maximum atomic E-state index is 11.5. The van der Waals surface area contributed by atoms with Gasteiger partial charge in [0.15, 0.2) is 0 Å². The van der Waals surface area contributed by atoms with E-state index in [1.54, 1.807) is 6.20 Å². The third kappa shape index (κ3) is 5.34. The number of nitrogens with one attached hydrogen (secondary N) is 2. The summed E-state index contributed by atoms with van der Waals surface area (Å²) >= 11 is 0. The average molecular weight is 445 g/mol. The van der Waals surface area contributed by atoms with E-state index in [0.717, 1.165) is 19.4 Å². The van der Waals surface area contributed by atoms with Gasteiger partial charge in [-0.2, -0.15) is 0 Å². The molecule has 3 N–H and O–H groups in total. The van der Waals surface area contributed by atoms with Crippen molar-refractivity contribution in [3.63, 3.8) is 0 Å². The predicted octanol–water partition coefficient (Wildman–Crippen LogP) is 5.05. The van der Waals surface area contributed by atoms with Crippen molar-refractivity contribution in [2.24, 2.45) is 5.92 Å². The van der Waals surface area contributed by atoms with Crippen LogP contribution in [0.4, 0.5) is 17.1 Å². The Bertz CT molecular complexity index is 1110. The maximum absolute atomic E-state index is 11.5. The smallest absolute Gasteiger partial charge is 0.337 e. The van der Waals surface area contributed by atoms with Gasteiger partial charge in [0, 0.05) is 37.2 Å². The second-order valence-electron chi connectivity index (χ2n) is 9.07. The molecule has 0 fully saturated rings. The molecule has 2 heterocycles. The lowest BCUT2D eigenvalue weighted by molar-refractivity contribution is 0.0697. The number of aromatic nitrogens is 1. The Morgan fingerprint density at radius 1 is 1.18 bits per heavy atom. The molecule has 33 heavy (non-hydrogen) atoms. The topological polar surface area (TPSA) is 77.5 Å². The van der Waals surface area contributed by atoms with Crippen LogP contribution in [-0.4, -0.2) is 36.2 Å². The van der Waals surface area contributed by atoms with E-state index in [9.17, 15) is 9.90 Å². The molecule has 6 heteroatoms. The van der Waals surface area contributed by atoms with E-state index in [0.29, 0.717) is 18.2 Å². The third-order valence-electron chi connectivity index (χ3n) is 6.19. The molecule has 6 nitrogen and oxygen atoms in total. The molecule has 1 aromatic heterocycles. The number of hydrogen-bond donors (Lipinski definition) is 3. The lowest BCUT2D eigenvalue weighted by atomic mass is 9.93. The quantitative estimate of drug-likeness (QED) is 0.452. The Kier molecular flexibility index (Phi) is 6.94. The van der Waals surface area contributed by atoms with Gasteiger partial charge in [-0.1, -0.05) is 32.0 Å². The molecule has 0 unspecified atom stereocenters. The highest BCUT2D eigenvalue weighted by Crippen LogP contribution is 2.31. The highest BCUT2D eigenvalue weighted by molar-refractivity contribution is 5.93. The van der Waals surface area contributed by atoms with Crippen LogP contribution >= 0.6 is 0 Å². The van der Waals surface area contributed by atoms with Gasteiger partial charge in [-0.05, 0) is 72.3 Å². The summed E-state index contributed by atoms with van der Waals surface area (Å²) in [6.45, 7) is 5.96. The monoisotopic (exact) mass is 444 g/mol. The number of carboxylic acid groups (broad SMARTS) is 1. The van der Waals surface area contributed by atoms with E-state index < -0.39 is 5.97 Å². The van der Waals surface area contributed by atoms with E-state index in [-0.39, 0.29) is 11.6 Å². The predicted molar refractivity (Wildman–Crippen MR) is 134 cm³/mol. The van der Waals surface area contributed by atoms with Crippen molar-refractivity contribution >= 4 is 23.0 Å². The Morgan fingerprint density at radius 2 is 1.94 bits per heavy atom. The maximum Gasteiger partial charge on any atom is 0.337 e. The van der Waals surface area contributed by atoms with Crippen LogP contribution in [-0.2, 0) is 12.8 Å². The summed E-state index contributed by atoms with van der Waals surface area (Å²) in [6.07, 6.45) is 5.13. The van der Waals surface area contributed by atoms with Crippen LogP contribution in [0.25, 0.3) is 0 Å². The van der Waals surface area contributed by atoms with E-state index >= 15 is 0 Å². The van der Waals surface area contributed by atoms with Crippen molar-refractivity contribution in [3.05, 3.63) is 83.2 Å². The number of carboxylic acids is 1. The van der Waals surface area contributed by atoms with Crippen molar-refractivity contribution in [1.82, 2.24) is 10.3 Å². The summed E-state index contributed by atoms with van der Waals surface area (Å²) in [5, 5.41) is 16.2. The molecule has 3 aromatic rings. The van der Waals surface area contributed by atoms with E-state index in [1.165, 1.54) is 40.3 Å². The molecule has 0 saturated carbocycles. The first-order valence-electron chi connectivity index (χ1n) is 11.5. The SMILES string of the molecule is CC(C)Cc1ccc(N(C)c2ccc3c(c2)CCN[C@H]3CNc2cnccc2C(=O)O)cc1. The summed E-state index contributed by atoms with van der Waals surface area (Å²) < 4.78 is 0. The van der Waals surface area contributed by atoms with Crippen LogP contribution in [0.15, 0.2) is 60.9 Å². The van der Waals surface area contributed by atoms with Crippen LogP contribution in [0.1, 0.15) is 46.9 Å². The first-order chi connectivity index (χ1) is 15.9. The lowest BCUT2D eigenvalue weighted by Gasteiger charge is -2.29. The fourth-order valence-electron chi connectivity index (χ4n) is 4.44. The molecule has 172 valence electrons. The zero-order valence-electron chi connectivity index (χ0n) is 19.5. The Morgan fingerprint density at radius 3 is 2.67 bits per heavy atom. The van der Waals surface area contributed by atoms with E-state index in [4.69, 9.17) is 0 Å². The van der Waals surface area contributed by atoms with Crippen LogP contribution in [0.3, 0.4) is 0 Å². The largest absolute Gasteiger partial charge is 0.478 e. The number of fused-ring (bicyclic) bond motifs is 1. The summed E-state index contributed by atoms with van der Waals surface area (Å²) in [7, 11) is 2.11. The number of benzene rings is 2. The molecule has 0 amide bonds. The molecule has 0 saturated heterocycles. The number of hydrogen-bond acceptors (Lipinski definition) is 5. The summed E-state index contributed by atoms with van der Waals surface area (Å²) in [5.41, 5.74) is 7.05. The standard InChI is InChI=1S/C27H32N4O2/c1-18(2)14-19-4-6-21(7-5-19)31(3)22-8-9-23-20(15-22)10-13-29-26(23)17-30-25-16-28-12-11-24(25)27(32)33/h4-9,11-12,15-16,18,26,29-30H,10,13-14,17H2,1-3H3,(H,32,33)/t26-/m0/s1. The van der Waals surface area contributed by atoms with Gasteiger partial charge in [0.1, 0.15) is 0 Å². The molecule has 0 aliphatic carbocycles. The average Bonchev–Trinajstić information content (AvgIpc) is 2.82. The number of rotatable bonds is 8. The highest BCUT2D eigenvalue weighted by Gasteiger charge is 2.21. The highest BCUT2D eigenvalue weighted by atomic mass is 16.4. The van der Waals surface area contributed by atoms with Crippen molar-refractivity contribution in [2.45, 2.75) is 32.7 Å². The fourth-order valence-corrected chi connectivity index (χ4v) is 4.44. The zero-order chi connectivity index (χ0) is 23.4. The number of pyridine rings is 1. The Hall–Kier alpha value is -3.38. The van der Waals surface area contributed by atoms with E-state index in [1.807, 2.05) is 0 Å². The summed E-state index contributed by atoms with van der Waals surface area (Å²) in [6, 6.07) is 17.1. The second-order valence-corrected chi connectivity index (χ2v) is 9.07. The molecule has 1 atom stereocenters.